The van der Waals surface area contributed by atoms with E-state index >= 15 is 0 Å². The second-order valence-electron chi connectivity index (χ2n) is 6.89. The van der Waals surface area contributed by atoms with Gasteiger partial charge in [0, 0.05) is 23.4 Å². The Kier molecular flexibility index (Phi) is 4.65. The van der Waals surface area contributed by atoms with Crippen LogP contribution in [-0.4, -0.2) is 25.7 Å². The summed E-state index contributed by atoms with van der Waals surface area (Å²) in [4.78, 5) is 15.7. The molecule has 0 bridgehead atoms. The van der Waals surface area contributed by atoms with E-state index in [-0.39, 0.29) is 5.69 Å². The van der Waals surface area contributed by atoms with Gasteiger partial charge in [0.1, 0.15) is 11.5 Å². The smallest absolute Gasteiger partial charge is 0.356 e. The molecule has 0 unspecified atom stereocenters. The van der Waals surface area contributed by atoms with Gasteiger partial charge in [0.15, 0.2) is 11.3 Å². The number of rotatable bonds is 5. The predicted molar refractivity (Wildman–Crippen MR) is 117 cm³/mol. The molecular formula is C25H17N3O3. The van der Waals surface area contributed by atoms with Crippen molar-refractivity contribution in [2.45, 2.75) is 0 Å². The van der Waals surface area contributed by atoms with Gasteiger partial charge in [-0.25, -0.2) is 14.3 Å². The molecule has 31 heavy (non-hydrogen) atoms. The minimum absolute atomic E-state index is 0.0507. The zero-order chi connectivity index (χ0) is 21.2. The predicted octanol–water partition coefficient (Wildman–Crippen LogP) is 5.55. The Morgan fingerprint density at radius 1 is 0.806 bits per heavy atom. The summed E-state index contributed by atoms with van der Waals surface area (Å²) in [6, 6.07) is 28.6. The molecule has 3 aromatic carbocycles. The molecule has 6 heteroatoms. The van der Waals surface area contributed by atoms with E-state index in [1.165, 1.54) is 6.07 Å². The number of aromatic carboxylic acids is 1. The third-order valence-electron chi connectivity index (χ3n) is 4.93. The molecule has 2 heterocycles. The van der Waals surface area contributed by atoms with Crippen molar-refractivity contribution in [1.82, 2.24) is 14.6 Å². The Bertz CT molecular complexity index is 1390. The van der Waals surface area contributed by atoms with Crippen LogP contribution in [0.2, 0.25) is 0 Å². The summed E-state index contributed by atoms with van der Waals surface area (Å²) in [6.45, 7) is 0. The van der Waals surface area contributed by atoms with Gasteiger partial charge in [-0.3, -0.25) is 0 Å². The fourth-order valence-electron chi connectivity index (χ4n) is 3.54. The van der Waals surface area contributed by atoms with Crippen LogP contribution in [0.25, 0.3) is 28.0 Å². The van der Waals surface area contributed by atoms with Crippen molar-refractivity contribution in [3.8, 4) is 33.9 Å². The van der Waals surface area contributed by atoms with Crippen molar-refractivity contribution >= 4 is 11.6 Å². The lowest BCUT2D eigenvalue weighted by Gasteiger charge is -2.15. The van der Waals surface area contributed by atoms with Gasteiger partial charge in [-0.15, -0.1) is 0 Å². The first kappa shape index (κ1) is 18.6. The van der Waals surface area contributed by atoms with Crippen molar-refractivity contribution in [2.75, 3.05) is 0 Å². The van der Waals surface area contributed by atoms with Crippen LogP contribution < -0.4 is 4.74 Å². The van der Waals surface area contributed by atoms with Crippen LogP contribution >= 0.6 is 0 Å². The average Bonchev–Trinajstić information content (AvgIpc) is 3.25. The lowest BCUT2D eigenvalue weighted by atomic mass is 9.96. The number of ether oxygens (including phenoxy) is 1. The molecule has 5 rings (SSSR count). The maximum Gasteiger partial charge on any atom is 0.356 e. The van der Waals surface area contributed by atoms with E-state index in [0.717, 1.165) is 33.9 Å². The van der Waals surface area contributed by atoms with E-state index in [2.05, 4.69) is 10.1 Å². The SMILES string of the molecule is O=C(O)c1cc2nccc(-c3ccccc3-c3ccccc3Oc3ccccc3)n2n1. The molecule has 0 radical (unpaired) electrons. The van der Waals surface area contributed by atoms with Gasteiger partial charge in [-0.1, -0.05) is 60.7 Å². The number of benzene rings is 3. The Labute approximate surface area is 178 Å². The molecule has 0 aliphatic carbocycles. The normalized spacial score (nSPS) is 10.8. The molecule has 0 amide bonds. The molecule has 0 aliphatic rings. The molecule has 2 aromatic heterocycles. The Morgan fingerprint density at radius 3 is 2.26 bits per heavy atom. The Morgan fingerprint density at radius 2 is 1.48 bits per heavy atom. The van der Waals surface area contributed by atoms with Crippen LogP contribution in [0.5, 0.6) is 11.5 Å². The second-order valence-corrected chi connectivity index (χ2v) is 6.89. The fraction of sp³-hybridized carbons (Fsp3) is 0. The van der Waals surface area contributed by atoms with Crippen molar-refractivity contribution < 1.29 is 14.6 Å². The molecule has 0 aliphatic heterocycles. The molecule has 6 nitrogen and oxygen atoms in total. The van der Waals surface area contributed by atoms with Crippen LogP contribution in [0.4, 0.5) is 0 Å². The summed E-state index contributed by atoms with van der Waals surface area (Å²) in [5, 5.41) is 13.6. The largest absolute Gasteiger partial charge is 0.476 e. The van der Waals surface area contributed by atoms with Gasteiger partial charge in [-0.2, -0.15) is 5.10 Å². The fourth-order valence-corrected chi connectivity index (χ4v) is 3.54. The Balaban J connectivity index is 1.67. The third-order valence-corrected chi connectivity index (χ3v) is 4.93. The number of carboxylic acid groups (broad SMARTS) is 1. The average molecular weight is 407 g/mol. The van der Waals surface area contributed by atoms with E-state index in [4.69, 9.17) is 4.74 Å². The minimum Gasteiger partial charge on any atom is -0.476 e. The lowest BCUT2D eigenvalue weighted by Crippen LogP contribution is -2.00. The molecular weight excluding hydrogens is 390 g/mol. The maximum atomic E-state index is 11.4. The minimum atomic E-state index is -1.09. The number of carbonyl (C=O) groups is 1. The molecule has 0 atom stereocenters. The van der Waals surface area contributed by atoms with Crippen LogP contribution in [0, 0.1) is 0 Å². The second kappa shape index (κ2) is 7.76. The van der Waals surface area contributed by atoms with E-state index in [9.17, 15) is 9.90 Å². The first-order chi connectivity index (χ1) is 15.2. The molecule has 0 saturated carbocycles. The number of hydrogen-bond acceptors (Lipinski definition) is 4. The lowest BCUT2D eigenvalue weighted by molar-refractivity contribution is 0.0690. The van der Waals surface area contributed by atoms with Gasteiger partial charge >= 0.3 is 5.97 Å². The summed E-state index contributed by atoms with van der Waals surface area (Å²) < 4.78 is 7.72. The first-order valence-electron chi connectivity index (χ1n) is 9.70. The van der Waals surface area contributed by atoms with E-state index < -0.39 is 5.97 Å². The molecule has 0 fully saturated rings. The van der Waals surface area contributed by atoms with Gasteiger partial charge in [0.2, 0.25) is 0 Å². The van der Waals surface area contributed by atoms with Crippen LogP contribution in [0.1, 0.15) is 10.5 Å². The third kappa shape index (κ3) is 3.51. The monoisotopic (exact) mass is 407 g/mol. The van der Waals surface area contributed by atoms with E-state index in [0.29, 0.717) is 5.65 Å². The first-order valence-corrected chi connectivity index (χ1v) is 9.70. The zero-order valence-electron chi connectivity index (χ0n) is 16.3. The highest BCUT2D eigenvalue weighted by Gasteiger charge is 2.17. The standard InChI is InChI=1S/C25H17N3O3/c29-25(30)21-16-24-26-15-14-22(28(24)27-21)19-11-5-4-10-18(19)20-12-6-7-13-23(20)31-17-8-2-1-3-9-17/h1-16H,(H,29,30). The molecule has 0 spiro atoms. The molecule has 150 valence electrons. The summed E-state index contributed by atoms with van der Waals surface area (Å²) in [5.74, 6) is 0.376. The van der Waals surface area contributed by atoms with Crippen molar-refractivity contribution in [1.29, 1.82) is 0 Å². The van der Waals surface area contributed by atoms with Crippen LogP contribution in [-0.2, 0) is 0 Å². The number of hydrogen-bond donors (Lipinski definition) is 1. The van der Waals surface area contributed by atoms with Crippen LogP contribution in [0.15, 0.2) is 97.2 Å². The molecule has 1 N–H and O–H groups in total. The summed E-state index contributed by atoms with van der Waals surface area (Å²) in [5.41, 5.74) is 3.90. The van der Waals surface area contributed by atoms with Gasteiger partial charge < -0.3 is 9.84 Å². The van der Waals surface area contributed by atoms with Gasteiger partial charge in [0.25, 0.3) is 0 Å². The van der Waals surface area contributed by atoms with E-state index in [1.54, 1.807) is 10.7 Å². The maximum absolute atomic E-state index is 11.4. The highest BCUT2D eigenvalue weighted by atomic mass is 16.5. The van der Waals surface area contributed by atoms with Crippen LogP contribution in [0.3, 0.4) is 0 Å². The highest BCUT2D eigenvalue weighted by Crippen LogP contribution is 2.38. The van der Waals surface area contributed by atoms with Gasteiger partial charge in [0.05, 0.1) is 5.69 Å². The molecule has 5 aromatic rings. The number of nitrogens with zero attached hydrogens (tertiary/aromatic N) is 3. The number of fused-ring (bicyclic) bond motifs is 1. The zero-order valence-corrected chi connectivity index (χ0v) is 16.3. The summed E-state index contributed by atoms with van der Waals surface area (Å²) in [6.07, 6.45) is 1.65. The quantitative estimate of drug-likeness (QED) is 0.413. The Hall–Kier alpha value is -4.45. The summed E-state index contributed by atoms with van der Waals surface area (Å²) in [7, 11) is 0. The number of carboxylic acids is 1. The van der Waals surface area contributed by atoms with Crippen molar-refractivity contribution in [3.05, 3.63) is 103 Å². The summed E-state index contributed by atoms with van der Waals surface area (Å²) >= 11 is 0. The number of para-hydroxylation sites is 2. The number of aromatic nitrogens is 3. The topological polar surface area (TPSA) is 76.7 Å². The highest BCUT2D eigenvalue weighted by molar-refractivity contribution is 5.88. The van der Waals surface area contributed by atoms with Crippen molar-refractivity contribution in [2.24, 2.45) is 0 Å². The van der Waals surface area contributed by atoms with Gasteiger partial charge in [-0.05, 0) is 29.8 Å². The van der Waals surface area contributed by atoms with E-state index in [1.807, 2.05) is 84.9 Å². The van der Waals surface area contributed by atoms with Crippen molar-refractivity contribution in [3.63, 3.8) is 0 Å². The molecule has 0 saturated heterocycles.